The molecule has 0 bridgehead atoms. The number of carbonyl (C=O) groups is 1. The second kappa shape index (κ2) is 4.59. The number of aromatic nitrogens is 1. The summed E-state index contributed by atoms with van der Waals surface area (Å²) in [5.74, 6) is 0.0194. The minimum Gasteiger partial charge on any atom is -0.368 e. The number of primary amides is 1. The highest BCUT2D eigenvalue weighted by Gasteiger charge is 2.10. The second-order valence-electron chi connectivity index (χ2n) is 3.54. The Kier molecular flexibility index (Phi) is 3.17. The predicted molar refractivity (Wildman–Crippen MR) is 66.2 cm³/mol. The van der Waals surface area contributed by atoms with E-state index in [0.29, 0.717) is 5.75 Å². The fourth-order valence-corrected chi connectivity index (χ4v) is 2.30. The Labute approximate surface area is 97.4 Å². The number of H-pyrrole nitrogens is 1. The lowest BCUT2D eigenvalue weighted by molar-refractivity contribution is -0.118. The third kappa shape index (κ3) is 2.37. The molecule has 1 heterocycles. The van der Waals surface area contributed by atoms with Gasteiger partial charge in [-0.15, -0.1) is 11.8 Å². The van der Waals surface area contributed by atoms with Gasteiger partial charge in [0.25, 0.3) is 0 Å². The van der Waals surface area contributed by atoms with Gasteiger partial charge in [-0.05, 0) is 12.1 Å². The van der Waals surface area contributed by atoms with Gasteiger partial charge in [-0.1, -0.05) is 18.2 Å². The summed E-state index contributed by atoms with van der Waals surface area (Å²) in [6.07, 6.45) is 0. The Hall–Kier alpha value is -1.46. The van der Waals surface area contributed by atoms with Crippen molar-refractivity contribution in [2.24, 2.45) is 11.5 Å². The fourth-order valence-electron chi connectivity index (χ4n) is 1.39. The number of nitrogens with two attached hydrogens (primary N) is 2. The van der Waals surface area contributed by atoms with E-state index in [4.69, 9.17) is 11.5 Å². The summed E-state index contributed by atoms with van der Waals surface area (Å²) < 4.78 is 0. The molecule has 0 aliphatic rings. The number of hydrogen-bond acceptors (Lipinski definition) is 3. The maximum atomic E-state index is 10.8. The van der Waals surface area contributed by atoms with Gasteiger partial charge in [0.15, 0.2) is 0 Å². The monoisotopic (exact) mass is 235 g/mol. The molecule has 0 radical (unpaired) electrons. The van der Waals surface area contributed by atoms with Gasteiger partial charge in [-0.3, -0.25) is 4.79 Å². The van der Waals surface area contributed by atoms with Crippen LogP contribution < -0.4 is 11.5 Å². The molecule has 5 heteroatoms. The number of carbonyl (C=O) groups excluding carboxylic acids is 1. The van der Waals surface area contributed by atoms with Crippen molar-refractivity contribution >= 4 is 28.6 Å². The zero-order chi connectivity index (χ0) is 11.5. The van der Waals surface area contributed by atoms with E-state index >= 15 is 0 Å². The first-order chi connectivity index (χ1) is 7.66. The van der Waals surface area contributed by atoms with Crippen molar-refractivity contribution in [1.82, 2.24) is 4.98 Å². The lowest BCUT2D eigenvalue weighted by Gasteiger charge is -2.04. The first-order valence-electron chi connectivity index (χ1n) is 4.92. The van der Waals surface area contributed by atoms with E-state index in [9.17, 15) is 4.79 Å². The normalized spacial score (nSPS) is 12.8. The van der Waals surface area contributed by atoms with E-state index in [1.54, 1.807) is 0 Å². The van der Waals surface area contributed by atoms with E-state index in [1.165, 1.54) is 11.8 Å². The highest BCUT2D eigenvalue weighted by atomic mass is 32.2. The van der Waals surface area contributed by atoms with E-state index < -0.39 is 11.9 Å². The van der Waals surface area contributed by atoms with Gasteiger partial charge in [0, 0.05) is 16.7 Å². The van der Waals surface area contributed by atoms with Crippen LogP contribution in [0.1, 0.15) is 0 Å². The van der Waals surface area contributed by atoms with Crippen LogP contribution in [0.4, 0.5) is 0 Å². The topological polar surface area (TPSA) is 84.9 Å². The van der Waals surface area contributed by atoms with Crippen molar-refractivity contribution in [2.75, 3.05) is 5.75 Å². The third-order valence-corrected chi connectivity index (χ3v) is 3.35. The van der Waals surface area contributed by atoms with Gasteiger partial charge in [0.2, 0.25) is 5.91 Å². The summed E-state index contributed by atoms with van der Waals surface area (Å²) in [7, 11) is 0. The molecule has 0 saturated carbocycles. The number of fused-ring (bicyclic) bond motifs is 1. The molecule has 1 aromatic heterocycles. The zero-order valence-electron chi connectivity index (χ0n) is 8.64. The second-order valence-corrected chi connectivity index (χ2v) is 4.60. The van der Waals surface area contributed by atoms with E-state index in [1.807, 2.05) is 30.3 Å². The lowest BCUT2D eigenvalue weighted by atomic mass is 10.3. The number of para-hydroxylation sites is 1. The van der Waals surface area contributed by atoms with Crippen molar-refractivity contribution < 1.29 is 4.79 Å². The van der Waals surface area contributed by atoms with Gasteiger partial charge in [0.05, 0.1) is 11.1 Å². The molecule has 1 atom stereocenters. The van der Waals surface area contributed by atoms with Crippen LogP contribution in [0.5, 0.6) is 0 Å². The Morgan fingerprint density at radius 3 is 2.88 bits per heavy atom. The fraction of sp³-hybridized carbons (Fsp3) is 0.182. The van der Waals surface area contributed by atoms with Crippen LogP contribution in [0.25, 0.3) is 10.9 Å². The SMILES string of the molecule is NC(=O)C(N)CSc1cc2ccccc2[nH]1. The molecule has 0 saturated heterocycles. The van der Waals surface area contributed by atoms with Crippen LogP contribution >= 0.6 is 11.8 Å². The van der Waals surface area contributed by atoms with E-state index in [0.717, 1.165) is 15.9 Å². The van der Waals surface area contributed by atoms with Crippen LogP contribution in [-0.2, 0) is 4.79 Å². The third-order valence-electron chi connectivity index (χ3n) is 2.29. The van der Waals surface area contributed by atoms with Crippen molar-refractivity contribution in [1.29, 1.82) is 0 Å². The van der Waals surface area contributed by atoms with Crippen molar-refractivity contribution in [2.45, 2.75) is 11.1 Å². The minimum absolute atomic E-state index is 0.469. The van der Waals surface area contributed by atoms with Gasteiger partial charge >= 0.3 is 0 Å². The van der Waals surface area contributed by atoms with Gasteiger partial charge in [-0.2, -0.15) is 0 Å². The molecule has 1 aromatic carbocycles. The molecule has 1 unspecified atom stereocenters. The minimum atomic E-state index is -0.601. The first kappa shape index (κ1) is 11.0. The summed E-state index contributed by atoms with van der Waals surface area (Å²) in [6, 6.07) is 9.43. The van der Waals surface area contributed by atoms with Gasteiger partial charge in [-0.25, -0.2) is 0 Å². The van der Waals surface area contributed by atoms with Crippen molar-refractivity contribution in [3.05, 3.63) is 30.3 Å². The summed E-state index contributed by atoms with van der Waals surface area (Å²) in [5, 5.41) is 2.15. The van der Waals surface area contributed by atoms with Crippen molar-refractivity contribution in [3.8, 4) is 0 Å². The number of hydrogen-bond donors (Lipinski definition) is 3. The predicted octanol–water partition coefficient (Wildman–Crippen LogP) is 1.07. The molecular weight excluding hydrogens is 222 g/mol. The highest BCUT2D eigenvalue weighted by molar-refractivity contribution is 7.99. The molecule has 2 rings (SSSR count). The maximum absolute atomic E-state index is 10.8. The molecule has 84 valence electrons. The maximum Gasteiger partial charge on any atom is 0.235 e. The summed E-state index contributed by atoms with van der Waals surface area (Å²) >= 11 is 1.50. The Morgan fingerprint density at radius 2 is 2.19 bits per heavy atom. The van der Waals surface area contributed by atoms with E-state index in [2.05, 4.69) is 4.98 Å². The smallest absolute Gasteiger partial charge is 0.235 e. The largest absolute Gasteiger partial charge is 0.368 e. The van der Waals surface area contributed by atoms with Crippen LogP contribution in [0.15, 0.2) is 35.4 Å². The summed E-state index contributed by atoms with van der Waals surface area (Å²) in [6.45, 7) is 0. The standard InChI is InChI=1S/C11H13N3OS/c12-8(11(13)15)6-16-10-5-7-3-1-2-4-9(7)14-10/h1-5,8,14H,6,12H2,(H2,13,15). The molecule has 0 fully saturated rings. The Bertz CT molecular complexity index is 476. The Morgan fingerprint density at radius 1 is 1.44 bits per heavy atom. The number of amides is 1. The lowest BCUT2D eigenvalue weighted by Crippen LogP contribution is -2.38. The zero-order valence-corrected chi connectivity index (χ0v) is 9.46. The molecule has 16 heavy (non-hydrogen) atoms. The van der Waals surface area contributed by atoms with Crippen LogP contribution in [0.2, 0.25) is 0 Å². The first-order valence-corrected chi connectivity index (χ1v) is 5.91. The number of benzene rings is 1. The highest BCUT2D eigenvalue weighted by Crippen LogP contribution is 2.23. The molecule has 1 amide bonds. The number of thioether (sulfide) groups is 1. The quantitative estimate of drug-likeness (QED) is 0.693. The van der Waals surface area contributed by atoms with Crippen molar-refractivity contribution in [3.63, 3.8) is 0 Å². The molecule has 5 N–H and O–H groups in total. The van der Waals surface area contributed by atoms with Gasteiger partial charge < -0.3 is 16.5 Å². The van der Waals surface area contributed by atoms with Crippen LogP contribution in [-0.4, -0.2) is 22.7 Å². The van der Waals surface area contributed by atoms with E-state index in [-0.39, 0.29) is 0 Å². The molecule has 2 aromatic rings. The summed E-state index contributed by atoms with van der Waals surface area (Å²) in [5.41, 5.74) is 11.7. The molecule has 0 aliphatic heterocycles. The summed E-state index contributed by atoms with van der Waals surface area (Å²) in [4.78, 5) is 14.0. The average molecular weight is 235 g/mol. The number of nitrogens with one attached hydrogen (secondary N) is 1. The molecular formula is C11H13N3OS. The molecule has 4 nitrogen and oxygen atoms in total. The number of rotatable bonds is 4. The average Bonchev–Trinajstić information content (AvgIpc) is 2.68. The van der Waals surface area contributed by atoms with Gasteiger partial charge in [0.1, 0.15) is 0 Å². The van der Waals surface area contributed by atoms with Crippen LogP contribution in [0, 0.1) is 0 Å². The molecule has 0 aliphatic carbocycles. The number of aromatic amines is 1. The molecule has 0 spiro atoms. The van der Waals surface area contributed by atoms with Crippen LogP contribution in [0.3, 0.4) is 0 Å². The Balaban J connectivity index is 2.07.